The van der Waals surface area contributed by atoms with Crippen molar-refractivity contribution in [1.29, 1.82) is 0 Å². The molecule has 1 amide bonds. The minimum atomic E-state index is -0.810. The molecule has 0 spiro atoms. The highest BCUT2D eigenvalue weighted by Gasteiger charge is 2.30. The summed E-state index contributed by atoms with van der Waals surface area (Å²) in [6.45, 7) is 0. The number of hydrogen-bond donors (Lipinski definition) is 2. The van der Waals surface area contributed by atoms with Crippen molar-refractivity contribution in [2.45, 2.75) is 89.0 Å². The van der Waals surface area contributed by atoms with E-state index in [1.54, 1.807) is 0 Å². The molecule has 2 fully saturated rings. The van der Waals surface area contributed by atoms with Gasteiger partial charge in [0.25, 0.3) is 0 Å². The van der Waals surface area contributed by atoms with Gasteiger partial charge in [-0.1, -0.05) is 43.7 Å². The number of carboxylic acid groups (broad SMARTS) is 1. The zero-order valence-electron chi connectivity index (χ0n) is 15.3. The quantitative estimate of drug-likeness (QED) is 0.804. The van der Waals surface area contributed by atoms with Gasteiger partial charge in [0.05, 0.1) is 5.92 Å². The van der Waals surface area contributed by atoms with Crippen molar-refractivity contribution in [3.8, 4) is 0 Å². The third kappa shape index (κ3) is 5.05. The molecule has 2 unspecified atom stereocenters. The Balaban J connectivity index is 1.50. The Labute approximate surface area is 153 Å². The van der Waals surface area contributed by atoms with Crippen LogP contribution < -0.4 is 5.32 Å². The molecule has 2 aliphatic carbocycles. The first-order valence-electron chi connectivity index (χ1n) is 9.98. The van der Waals surface area contributed by atoms with Crippen LogP contribution in [0.5, 0.6) is 0 Å². The van der Waals surface area contributed by atoms with Gasteiger partial charge < -0.3 is 14.9 Å². The highest BCUT2D eigenvalue weighted by molar-refractivity contribution is 5.78. The summed E-state index contributed by atoms with van der Waals surface area (Å²) in [4.78, 5) is 28.3. The number of nitrogens with zero attached hydrogens (tertiary/aromatic N) is 2. The van der Waals surface area contributed by atoms with Crippen LogP contribution in [-0.4, -0.2) is 33.2 Å². The summed E-state index contributed by atoms with van der Waals surface area (Å²) in [6.07, 6.45) is 10.7. The van der Waals surface area contributed by atoms with E-state index in [0.29, 0.717) is 24.7 Å². The fraction of sp³-hybridized carbons (Fsp3) is 0.789. The number of aryl methyl sites for hydroxylation is 1. The molecule has 1 aromatic rings. The van der Waals surface area contributed by atoms with E-state index in [9.17, 15) is 14.7 Å². The summed E-state index contributed by atoms with van der Waals surface area (Å²) in [5.41, 5.74) is 0. The van der Waals surface area contributed by atoms with Gasteiger partial charge in [0, 0.05) is 24.8 Å². The van der Waals surface area contributed by atoms with Gasteiger partial charge in [-0.05, 0) is 25.7 Å². The Hall–Kier alpha value is -1.92. The van der Waals surface area contributed by atoms with Crippen LogP contribution in [0.4, 0.5) is 0 Å². The summed E-state index contributed by atoms with van der Waals surface area (Å²) in [7, 11) is 0. The largest absolute Gasteiger partial charge is 0.481 e. The predicted molar refractivity (Wildman–Crippen MR) is 94.6 cm³/mol. The van der Waals surface area contributed by atoms with E-state index < -0.39 is 11.9 Å². The molecule has 7 nitrogen and oxygen atoms in total. The van der Waals surface area contributed by atoms with Gasteiger partial charge in [-0.3, -0.25) is 9.59 Å². The van der Waals surface area contributed by atoms with E-state index in [1.165, 1.54) is 12.8 Å². The van der Waals surface area contributed by atoms with Gasteiger partial charge >= 0.3 is 5.97 Å². The molecule has 2 aliphatic rings. The molecule has 144 valence electrons. The van der Waals surface area contributed by atoms with Crippen molar-refractivity contribution in [2.75, 3.05) is 0 Å². The molecule has 26 heavy (non-hydrogen) atoms. The highest BCUT2D eigenvalue weighted by Crippen LogP contribution is 2.32. The zero-order chi connectivity index (χ0) is 18.4. The first kappa shape index (κ1) is 18.9. The normalized spacial score (nSPS) is 24.8. The number of carboxylic acids is 1. The lowest BCUT2D eigenvalue weighted by Gasteiger charge is -2.27. The lowest BCUT2D eigenvalue weighted by molar-refractivity contribution is -0.143. The third-order valence-electron chi connectivity index (χ3n) is 5.70. The van der Waals surface area contributed by atoms with E-state index in [4.69, 9.17) is 4.52 Å². The Morgan fingerprint density at radius 2 is 1.73 bits per heavy atom. The smallest absolute Gasteiger partial charge is 0.308 e. The summed E-state index contributed by atoms with van der Waals surface area (Å²) < 4.78 is 5.28. The standard InChI is InChI=1S/C19H29N3O4/c23-16(20-15-10-4-2-1-3-9-14(15)19(24)25)11-12-17-21-18(22-26-17)13-7-5-6-8-13/h13-15H,1-12H2,(H,20,23)(H,24,25). The zero-order valence-corrected chi connectivity index (χ0v) is 15.3. The maximum absolute atomic E-state index is 12.3. The van der Waals surface area contributed by atoms with Gasteiger partial charge in [-0.2, -0.15) is 4.98 Å². The lowest BCUT2D eigenvalue weighted by Crippen LogP contribution is -2.44. The Bertz CT molecular complexity index is 610. The number of carbonyl (C=O) groups is 2. The van der Waals surface area contributed by atoms with Crippen LogP contribution in [0.1, 0.15) is 88.3 Å². The Morgan fingerprint density at radius 1 is 1.04 bits per heavy atom. The second-order valence-corrected chi connectivity index (χ2v) is 7.64. The summed E-state index contributed by atoms with van der Waals surface area (Å²) in [5, 5.41) is 16.5. The molecule has 2 saturated carbocycles. The first-order valence-corrected chi connectivity index (χ1v) is 9.98. The average molecular weight is 363 g/mol. The summed E-state index contributed by atoms with van der Waals surface area (Å²) in [5.74, 6) is 0.223. The number of nitrogens with one attached hydrogen (secondary N) is 1. The van der Waals surface area contributed by atoms with Crippen molar-refractivity contribution >= 4 is 11.9 Å². The third-order valence-corrected chi connectivity index (χ3v) is 5.70. The fourth-order valence-corrected chi connectivity index (χ4v) is 4.17. The first-order chi connectivity index (χ1) is 12.6. The number of amides is 1. The van der Waals surface area contributed by atoms with Crippen molar-refractivity contribution in [1.82, 2.24) is 15.5 Å². The molecule has 1 aromatic heterocycles. The molecule has 2 atom stereocenters. The second kappa shape index (κ2) is 9.14. The monoisotopic (exact) mass is 363 g/mol. The van der Waals surface area contributed by atoms with Crippen LogP contribution in [0.25, 0.3) is 0 Å². The van der Waals surface area contributed by atoms with Gasteiger partial charge in [-0.15, -0.1) is 0 Å². The number of carbonyl (C=O) groups excluding carboxylic acids is 1. The molecule has 0 bridgehead atoms. The van der Waals surface area contributed by atoms with Gasteiger partial charge in [0.1, 0.15) is 0 Å². The average Bonchev–Trinajstić information content (AvgIpc) is 3.26. The number of rotatable bonds is 6. The van der Waals surface area contributed by atoms with Crippen LogP contribution in [0.3, 0.4) is 0 Å². The number of hydrogen-bond acceptors (Lipinski definition) is 5. The van der Waals surface area contributed by atoms with Crippen molar-refractivity contribution in [3.63, 3.8) is 0 Å². The molecule has 7 heteroatoms. The lowest BCUT2D eigenvalue weighted by atomic mass is 9.86. The summed E-state index contributed by atoms with van der Waals surface area (Å²) in [6, 6.07) is -0.281. The number of aromatic nitrogens is 2. The van der Waals surface area contributed by atoms with Crippen LogP contribution >= 0.6 is 0 Å². The molecule has 0 aliphatic heterocycles. The van der Waals surface area contributed by atoms with E-state index in [2.05, 4.69) is 15.5 Å². The van der Waals surface area contributed by atoms with Crippen LogP contribution in [0.2, 0.25) is 0 Å². The molecule has 0 aromatic carbocycles. The fourth-order valence-electron chi connectivity index (χ4n) is 4.17. The molecular weight excluding hydrogens is 334 g/mol. The SMILES string of the molecule is O=C(CCc1nc(C2CCCC2)no1)NC1CCCCCCC1C(=O)O. The van der Waals surface area contributed by atoms with E-state index in [0.717, 1.165) is 50.8 Å². The van der Waals surface area contributed by atoms with Crippen LogP contribution in [-0.2, 0) is 16.0 Å². The summed E-state index contributed by atoms with van der Waals surface area (Å²) >= 11 is 0. The Kier molecular flexibility index (Phi) is 6.63. The van der Waals surface area contributed by atoms with E-state index in [1.807, 2.05) is 0 Å². The minimum absolute atomic E-state index is 0.137. The molecule has 3 rings (SSSR count). The van der Waals surface area contributed by atoms with Crippen molar-refractivity contribution in [3.05, 3.63) is 11.7 Å². The minimum Gasteiger partial charge on any atom is -0.481 e. The number of aliphatic carboxylic acids is 1. The van der Waals surface area contributed by atoms with E-state index >= 15 is 0 Å². The van der Waals surface area contributed by atoms with Crippen molar-refractivity contribution in [2.24, 2.45) is 5.92 Å². The van der Waals surface area contributed by atoms with Crippen LogP contribution in [0, 0.1) is 5.92 Å². The molecular formula is C19H29N3O4. The van der Waals surface area contributed by atoms with Crippen LogP contribution in [0.15, 0.2) is 4.52 Å². The predicted octanol–water partition coefficient (Wildman–Crippen LogP) is 3.20. The topological polar surface area (TPSA) is 105 Å². The van der Waals surface area contributed by atoms with Gasteiger partial charge in [0.15, 0.2) is 5.82 Å². The molecule has 2 N–H and O–H groups in total. The second-order valence-electron chi connectivity index (χ2n) is 7.64. The van der Waals surface area contributed by atoms with Crippen molar-refractivity contribution < 1.29 is 19.2 Å². The highest BCUT2D eigenvalue weighted by atomic mass is 16.5. The molecule has 0 saturated heterocycles. The maximum Gasteiger partial charge on any atom is 0.308 e. The molecule has 0 radical (unpaired) electrons. The van der Waals surface area contributed by atoms with Gasteiger partial charge in [-0.25, -0.2) is 0 Å². The van der Waals surface area contributed by atoms with Gasteiger partial charge in [0.2, 0.25) is 11.8 Å². The maximum atomic E-state index is 12.3. The molecule has 1 heterocycles. The Morgan fingerprint density at radius 3 is 2.46 bits per heavy atom. The van der Waals surface area contributed by atoms with E-state index in [-0.39, 0.29) is 18.4 Å².